The van der Waals surface area contributed by atoms with Crippen LogP contribution in [0.15, 0.2) is 29.5 Å². The molecule has 0 spiro atoms. The molecule has 1 aliphatic heterocycles. The highest BCUT2D eigenvalue weighted by atomic mass is 19.4. The van der Waals surface area contributed by atoms with Crippen molar-refractivity contribution in [2.45, 2.75) is 38.5 Å². The van der Waals surface area contributed by atoms with E-state index >= 15 is 0 Å². The monoisotopic (exact) mass is 532 g/mol. The molecule has 1 amide bonds. The van der Waals surface area contributed by atoms with Gasteiger partial charge in [-0.25, -0.2) is 15.1 Å². The van der Waals surface area contributed by atoms with Gasteiger partial charge in [0.05, 0.1) is 42.9 Å². The van der Waals surface area contributed by atoms with Gasteiger partial charge in [0.1, 0.15) is 11.3 Å². The number of carbonyl (C=O) groups excluding carboxylic acids is 1. The summed E-state index contributed by atoms with van der Waals surface area (Å²) in [6.45, 7) is 1.66. The Morgan fingerprint density at radius 1 is 1.08 bits per heavy atom. The molecule has 11 nitrogen and oxygen atoms in total. The van der Waals surface area contributed by atoms with E-state index in [1.807, 2.05) is 0 Å². The van der Waals surface area contributed by atoms with Crippen LogP contribution in [0.2, 0.25) is 0 Å². The number of alkyl halides is 6. The van der Waals surface area contributed by atoms with E-state index in [4.69, 9.17) is 4.74 Å². The second kappa shape index (κ2) is 9.79. The molecule has 4 rings (SSSR count). The van der Waals surface area contributed by atoms with Gasteiger partial charge in [-0.1, -0.05) is 0 Å². The number of H-pyrrole nitrogens is 1. The van der Waals surface area contributed by atoms with E-state index in [1.165, 1.54) is 17.7 Å². The first-order chi connectivity index (χ1) is 17.3. The fourth-order valence-corrected chi connectivity index (χ4v) is 3.55. The van der Waals surface area contributed by atoms with E-state index in [9.17, 15) is 35.9 Å². The summed E-state index contributed by atoms with van der Waals surface area (Å²) >= 11 is 0. The molecule has 3 aromatic rings. The molecule has 4 heterocycles. The molecule has 17 heteroatoms. The van der Waals surface area contributed by atoms with Gasteiger partial charge in [-0.15, -0.1) is 0 Å². The molecular weight excluding hydrogens is 514 g/mol. The predicted octanol–water partition coefficient (Wildman–Crippen LogP) is 2.47. The SMILES string of the molecule is C[C@@H](COCc1cc2n(n1)CCN(c1ncc(C(F)(F)F)cn1)C2=O)Nc1cn[nH]c(=O)c1C(F)(F)F. The Morgan fingerprint density at radius 2 is 1.78 bits per heavy atom. The van der Waals surface area contributed by atoms with E-state index < -0.39 is 46.7 Å². The number of hydrogen-bond donors (Lipinski definition) is 2. The van der Waals surface area contributed by atoms with E-state index in [-0.39, 0.29) is 37.9 Å². The number of hydrogen-bond acceptors (Lipinski definition) is 8. The third kappa shape index (κ3) is 5.71. The summed E-state index contributed by atoms with van der Waals surface area (Å²) in [5, 5.41) is 11.9. The Kier molecular flexibility index (Phi) is 6.90. The van der Waals surface area contributed by atoms with Gasteiger partial charge >= 0.3 is 12.4 Å². The molecule has 0 bridgehead atoms. The van der Waals surface area contributed by atoms with Crippen molar-refractivity contribution in [1.82, 2.24) is 29.9 Å². The molecule has 0 radical (unpaired) electrons. The van der Waals surface area contributed by atoms with Crippen molar-refractivity contribution in [1.29, 1.82) is 0 Å². The largest absolute Gasteiger partial charge is 0.423 e. The lowest BCUT2D eigenvalue weighted by atomic mass is 10.2. The van der Waals surface area contributed by atoms with Crippen molar-refractivity contribution in [3.05, 3.63) is 57.5 Å². The maximum atomic E-state index is 13.2. The minimum atomic E-state index is -4.89. The van der Waals surface area contributed by atoms with Crippen molar-refractivity contribution in [3.8, 4) is 0 Å². The number of rotatable bonds is 7. The van der Waals surface area contributed by atoms with Gasteiger partial charge < -0.3 is 10.1 Å². The lowest BCUT2D eigenvalue weighted by Gasteiger charge is -2.25. The van der Waals surface area contributed by atoms with Crippen molar-refractivity contribution in [2.24, 2.45) is 0 Å². The minimum Gasteiger partial charge on any atom is -0.378 e. The first-order valence-electron chi connectivity index (χ1n) is 10.6. The van der Waals surface area contributed by atoms with Gasteiger partial charge in [-0.2, -0.15) is 36.5 Å². The average molecular weight is 532 g/mol. The topological polar surface area (TPSA) is 131 Å². The number of anilines is 2. The number of aromatic amines is 1. The van der Waals surface area contributed by atoms with Crippen LogP contribution >= 0.6 is 0 Å². The molecular formula is C20H18F6N8O3. The molecule has 2 N–H and O–H groups in total. The summed E-state index contributed by atoms with van der Waals surface area (Å²) in [5.74, 6) is -0.753. The molecule has 0 aromatic carbocycles. The van der Waals surface area contributed by atoms with E-state index in [2.05, 4.69) is 25.5 Å². The highest BCUT2D eigenvalue weighted by molar-refractivity contribution is 6.04. The Bertz CT molecular complexity index is 1340. The molecule has 1 atom stereocenters. The number of halogens is 6. The maximum Gasteiger partial charge on any atom is 0.423 e. The molecule has 0 fully saturated rings. The quantitative estimate of drug-likeness (QED) is 0.444. The number of aromatic nitrogens is 6. The molecule has 1 aliphatic rings. The summed E-state index contributed by atoms with van der Waals surface area (Å²) in [7, 11) is 0. The van der Waals surface area contributed by atoms with Crippen LogP contribution in [0, 0.1) is 0 Å². The predicted molar refractivity (Wildman–Crippen MR) is 114 cm³/mol. The Balaban J connectivity index is 1.36. The lowest BCUT2D eigenvalue weighted by molar-refractivity contribution is -0.139. The van der Waals surface area contributed by atoms with E-state index in [0.717, 1.165) is 11.1 Å². The number of carbonyl (C=O) groups is 1. The Hall–Kier alpha value is -4.02. The van der Waals surface area contributed by atoms with Gasteiger partial charge in [0.2, 0.25) is 5.95 Å². The number of nitrogens with one attached hydrogen (secondary N) is 2. The second-order valence-electron chi connectivity index (χ2n) is 8.02. The van der Waals surface area contributed by atoms with Crippen LogP contribution < -0.4 is 15.8 Å². The van der Waals surface area contributed by atoms with Gasteiger partial charge in [-0.05, 0) is 13.0 Å². The summed E-state index contributed by atoms with van der Waals surface area (Å²) in [6, 6.07) is 0.773. The normalized spacial score (nSPS) is 15.0. The van der Waals surface area contributed by atoms with Crippen LogP contribution in [0.3, 0.4) is 0 Å². The van der Waals surface area contributed by atoms with Crippen LogP contribution in [0.5, 0.6) is 0 Å². The third-order valence-electron chi connectivity index (χ3n) is 5.20. The van der Waals surface area contributed by atoms with Crippen LogP contribution in [-0.2, 0) is 30.2 Å². The zero-order valence-electron chi connectivity index (χ0n) is 18.9. The average Bonchev–Trinajstić information content (AvgIpc) is 3.22. The zero-order valence-corrected chi connectivity index (χ0v) is 18.9. The van der Waals surface area contributed by atoms with E-state index in [1.54, 1.807) is 5.10 Å². The molecule has 3 aromatic heterocycles. The van der Waals surface area contributed by atoms with Crippen LogP contribution in [0.1, 0.15) is 34.2 Å². The fraction of sp³-hybridized carbons (Fsp3) is 0.400. The van der Waals surface area contributed by atoms with Crippen LogP contribution in [0.4, 0.5) is 38.0 Å². The summed E-state index contributed by atoms with van der Waals surface area (Å²) in [6.07, 6.45) is -7.46. The highest BCUT2D eigenvalue weighted by Gasteiger charge is 2.37. The summed E-state index contributed by atoms with van der Waals surface area (Å²) in [5.41, 5.74) is -3.84. The molecule has 0 unspecified atom stereocenters. The summed E-state index contributed by atoms with van der Waals surface area (Å²) < 4.78 is 84.6. The number of nitrogens with zero attached hydrogens (tertiary/aromatic N) is 6. The van der Waals surface area contributed by atoms with Crippen molar-refractivity contribution >= 4 is 17.5 Å². The zero-order chi connectivity index (χ0) is 27.0. The standard InChI is InChI=1S/C20H18F6N8O3/c1-10(30-13-7-29-31-16(35)15(13)20(24,25)26)8-37-9-12-4-14-17(36)33(2-3-34(14)32-12)18-27-5-11(6-28-18)19(21,22)23/h4-7,10H,2-3,8-9H2,1H3,(H2,30,31,35)/t10-/m0/s1. The Morgan fingerprint density at radius 3 is 2.43 bits per heavy atom. The Labute approximate surface area is 203 Å². The molecule has 0 saturated carbocycles. The second-order valence-corrected chi connectivity index (χ2v) is 8.02. The van der Waals surface area contributed by atoms with Gasteiger partial charge in [0.15, 0.2) is 0 Å². The van der Waals surface area contributed by atoms with Crippen molar-refractivity contribution in [3.63, 3.8) is 0 Å². The molecule has 198 valence electrons. The minimum absolute atomic E-state index is 0.0753. The van der Waals surface area contributed by atoms with Gasteiger partial charge in [-0.3, -0.25) is 19.2 Å². The maximum absolute atomic E-state index is 13.2. The highest BCUT2D eigenvalue weighted by Crippen LogP contribution is 2.32. The fourth-order valence-electron chi connectivity index (χ4n) is 3.55. The van der Waals surface area contributed by atoms with Gasteiger partial charge in [0.25, 0.3) is 11.5 Å². The first-order valence-corrected chi connectivity index (χ1v) is 10.6. The molecule has 0 saturated heterocycles. The number of fused-ring (bicyclic) bond motifs is 1. The van der Waals surface area contributed by atoms with Crippen molar-refractivity contribution in [2.75, 3.05) is 23.4 Å². The molecule has 37 heavy (non-hydrogen) atoms. The molecule has 0 aliphatic carbocycles. The number of ether oxygens (including phenoxy) is 1. The smallest absolute Gasteiger partial charge is 0.378 e. The van der Waals surface area contributed by atoms with Crippen LogP contribution in [-0.4, -0.2) is 55.0 Å². The van der Waals surface area contributed by atoms with Crippen molar-refractivity contribution < 1.29 is 35.9 Å². The summed E-state index contributed by atoms with van der Waals surface area (Å²) in [4.78, 5) is 32.8. The van der Waals surface area contributed by atoms with Crippen LogP contribution in [0.25, 0.3) is 0 Å². The first kappa shape index (κ1) is 26.1. The number of amides is 1. The van der Waals surface area contributed by atoms with Gasteiger partial charge in [0, 0.05) is 25.0 Å². The van der Waals surface area contributed by atoms with E-state index in [0.29, 0.717) is 18.1 Å². The lowest BCUT2D eigenvalue weighted by Crippen LogP contribution is -2.41. The third-order valence-corrected chi connectivity index (χ3v) is 5.20.